The molecular formula is C17H25NO. The Balaban J connectivity index is 2.20. The Kier molecular flexibility index (Phi) is 3.82. The third-order valence-electron chi connectivity index (χ3n) is 4.27. The van der Waals surface area contributed by atoms with Crippen molar-refractivity contribution in [2.75, 3.05) is 13.1 Å². The molecule has 0 saturated carbocycles. The number of nitrogens with one attached hydrogen (secondary N) is 1. The fraction of sp³-hybridized carbons (Fsp3) is 0.588. The molecule has 2 heteroatoms. The maximum absolute atomic E-state index is 12.7. The molecule has 0 aromatic heterocycles. The summed E-state index contributed by atoms with van der Waals surface area (Å²) in [6.45, 7) is 10.6. The third-order valence-corrected chi connectivity index (χ3v) is 4.27. The van der Waals surface area contributed by atoms with E-state index in [4.69, 9.17) is 0 Å². The molecule has 2 nitrogen and oxygen atoms in total. The average Bonchev–Trinajstić information content (AvgIpc) is 2.38. The molecule has 0 radical (unpaired) electrons. The number of carbonyl (C=O) groups is 1. The highest BCUT2D eigenvalue weighted by molar-refractivity contribution is 6.00. The smallest absolute Gasteiger partial charge is 0.168 e. The van der Waals surface area contributed by atoms with E-state index in [1.807, 2.05) is 12.1 Å². The van der Waals surface area contributed by atoms with Crippen molar-refractivity contribution in [2.45, 2.75) is 46.0 Å². The Labute approximate surface area is 116 Å². The van der Waals surface area contributed by atoms with Crippen LogP contribution in [0.5, 0.6) is 0 Å². The first-order valence-corrected chi connectivity index (χ1v) is 7.19. The molecule has 1 aromatic rings. The van der Waals surface area contributed by atoms with E-state index in [0.717, 1.165) is 31.5 Å². The molecule has 0 unspecified atom stereocenters. The van der Waals surface area contributed by atoms with Crippen LogP contribution in [0.25, 0.3) is 0 Å². The number of benzene rings is 1. The zero-order valence-corrected chi connectivity index (χ0v) is 12.5. The highest BCUT2D eigenvalue weighted by Gasteiger charge is 2.35. The minimum atomic E-state index is -0.186. The number of ketones is 1. The van der Waals surface area contributed by atoms with Gasteiger partial charge in [-0.25, -0.2) is 0 Å². The van der Waals surface area contributed by atoms with Crippen molar-refractivity contribution in [3.8, 4) is 0 Å². The second-order valence-corrected chi connectivity index (χ2v) is 6.97. The van der Waals surface area contributed by atoms with Crippen molar-refractivity contribution in [1.82, 2.24) is 5.32 Å². The van der Waals surface area contributed by atoms with Gasteiger partial charge in [-0.1, -0.05) is 52.0 Å². The molecule has 1 heterocycles. The number of Topliss-reactive ketones (excluding diaryl/α,β-unsaturated/α-hetero) is 1. The summed E-state index contributed by atoms with van der Waals surface area (Å²) in [4.78, 5) is 12.7. The molecule has 1 saturated heterocycles. The van der Waals surface area contributed by atoms with E-state index in [1.54, 1.807) is 0 Å². The molecule has 0 spiro atoms. The van der Waals surface area contributed by atoms with Gasteiger partial charge in [-0.05, 0) is 36.9 Å². The van der Waals surface area contributed by atoms with Gasteiger partial charge in [0.25, 0.3) is 0 Å². The number of piperidine rings is 1. The summed E-state index contributed by atoms with van der Waals surface area (Å²) in [5.74, 6) is 0.300. The van der Waals surface area contributed by atoms with E-state index in [0.29, 0.717) is 5.78 Å². The Morgan fingerprint density at radius 1 is 1.11 bits per heavy atom. The average molecular weight is 259 g/mol. The minimum absolute atomic E-state index is 0.139. The maximum atomic E-state index is 12.7. The summed E-state index contributed by atoms with van der Waals surface area (Å²) < 4.78 is 0. The summed E-state index contributed by atoms with van der Waals surface area (Å²) in [5, 5.41) is 3.32. The van der Waals surface area contributed by atoms with Gasteiger partial charge in [0.15, 0.2) is 5.78 Å². The van der Waals surface area contributed by atoms with Gasteiger partial charge in [-0.3, -0.25) is 4.79 Å². The molecule has 1 aliphatic heterocycles. The molecule has 19 heavy (non-hydrogen) atoms. The van der Waals surface area contributed by atoms with E-state index in [1.165, 1.54) is 5.56 Å². The maximum Gasteiger partial charge on any atom is 0.168 e. The van der Waals surface area contributed by atoms with Gasteiger partial charge in [-0.15, -0.1) is 0 Å². The zero-order valence-electron chi connectivity index (χ0n) is 12.5. The van der Waals surface area contributed by atoms with Crippen molar-refractivity contribution in [2.24, 2.45) is 5.41 Å². The number of hydrogen-bond donors (Lipinski definition) is 1. The lowest BCUT2D eigenvalue weighted by Crippen LogP contribution is -2.40. The lowest BCUT2D eigenvalue weighted by Gasteiger charge is -2.32. The second-order valence-electron chi connectivity index (χ2n) is 6.97. The van der Waals surface area contributed by atoms with Gasteiger partial charge < -0.3 is 5.32 Å². The Hall–Kier alpha value is -1.15. The lowest BCUT2D eigenvalue weighted by atomic mass is 9.74. The molecule has 1 fully saturated rings. The van der Waals surface area contributed by atoms with Crippen LogP contribution >= 0.6 is 0 Å². The zero-order chi connectivity index (χ0) is 14.1. The lowest BCUT2D eigenvalue weighted by molar-refractivity contribution is 0.0762. The molecule has 104 valence electrons. The molecule has 2 rings (SSSR count). The predicted octanol–water partition coefficient (Wildman–Crippen LogP) is 3.56. The van der Waals surface area contributed by atoms with Gasteiger partial charge in [0.1, 0.15) is 0 Å². The summed E-state index contributed by atoms with van der Waals surface area (Å²) >= 11 is 0. The predicted molar refractivity (Wildman–Crippen MR) is 79.7 cm³/mol. The fourth-order valence-corrected chi connectivity index (χ4v) is 2.68. The van der Waals surface area contributed by atoms with E-state index < -0.39 is 0 Å². The van der Waals surface area contributed by atoms with Gasteiger partial charge >= 0.3 is 0 Å². The van der Waals surface area contributed by atoms with Crippen molar-refractivity contribution >= 4 is 5.78 Å². The number of carbonyl (C=O) groups excluding carboxylic acids is 1. The molecule has 0 bridgehead atoms. The van der Waals surface area contributed by atoms with Crippen LogP contribution in [0.3, 0.4) is 0 Å². The largest absolute Gasteiger partial charge is 0.317 e. The first-order valence-electron chi connectivity index (χ1n) is 7.19. The van der Waals surface area contributed by atoms with Crippen molar-refractivity contribution in [3.05, 3.63) is 35.4 Å². The monoisotopic (exact) mass is 259 g/mol. The number of hydrogen-bond acceptors (Lipinski definition) is 2. The van der Waals surface area contributed by atoms with Crippen LogP contribution in [-0.4, -0.2) is 18.9 Å². The van der Waals surface area contributed by atoms with Crippen molar-refractivity contribution in [1.29, 1.82) is 0 Å². The van der Waals surface area contributed by atoms with E-state index >= 15 is 0 Å². The highest BCUT2D eigenvalue weighted by atomic mass is 16.1. The van der Waals surface area contributed by atoms with Crippen LogP contribution in [0.4, 0.5) is 0 Å². The fourth-order valence-electron chi connectivity index (χ4n) is 2.68. The molecular weight excluding hydrogens is 234 g/mol. The second kappa shape index (κ2) is 5.09. The van der Waals surface area contributed by atoms with Crippen LogP contribution in [0, 0.1) is 5.41 Å². The highest BCUT2D eigenvalue weighted by Crippen LogP contribution is 2.32. The molecule has 1 N–H and O–H groups in total. The quantitative estimate of drug-likeness (QED) is 0.823. The van der Waals surface area contributed by atoms with Crippen LogP contribution in [-0.2, 0) is 5.41 Å². The van der Waals surface area contributed by atoms with E-state index in [9.17, 15) is 4.79 Å². The minimum Gasteiger partial charge on any atom is -0.317 e. The standard InChI is InChI=1S/C17H25NO/c1-16(2,3)14-7-5-13(6-8-14)15(19)17(4)9-11-18-12-10-17/h5-8,18H,9-12H2,1-4H3. The topological polar surface area (TPSA) is 29.1 Å². The van der Waals surface area contributed by atoms with Crippen molar-refractivity contribution in [3.63, 3.8) is 0 Å². The van der Waals surface area contributed by atoms with Crippen LogP contribution < -0.4 is 5.32 Å². The summed E-state index contributed by atoms with van der Waals surface area (Å²) in [6.07, 6.45) is 1.87. The van der Waals surface area contributed by atoms with Gasteiger partial charge in [0.2, 0.25) is 0 Å². The SMILES string of the molecule is CC1(C(=O)c2ccc(C(C)(C)C)cc2)CCNCC1. The summed E-state index contributed by atoms with van der Waals surface area (Å²) in [6, 6.07) is 8.18. The van der Waals surface area contributed by atoms with Crippen LogP contribution in [0.15, 0.2) is 24.3 Å². The Morgan fingerprint density at radius 3 is 2.11 bits per heavy atom. The van der Waals surface area contributed by atoms with E-state index in [-0.39, 0.29) is 10.8 Å². The van der Waals surface area contributed by atoms with Crippen LogP contribution in [0.2, 0.25) is 0 Å². The van der Waals surface area contributed by atoms with Gasteiger partial charge in [-0.2, -0.15) is 0 Å². The molecule has 1 aromatic carbocycles. The first kappa shape index (κ1) is 14.3. The first-order chi connectivity index (χ1) is 8.83. The van der Waals surface area contributed by atoms with Gasteiger partial charge in [0.05, 0.1) is 0 Å². The number of rotatable bonds is 2. The van der Waals surface area contributed by atoms with Gasteiger partial charge in [0, 0.05) is 11.0 Å². The van der Waals surface area contributed by atoms with E-state index in [2.05, 4.69) is 45.1 Å². The third kappa shape index (κ3) is 3.06. The molecule has 0 aliphatic carbocycles. The molecule has 0 amide bonds. The molecule has 1 aliphatic rings. The summed E-state index contributed by atoms with van der Waals surface area (Å²) in [7, 11) is 0. The Morgan fingerprint density at radius 2 is 1.63 bits per heavy atom. The van der Waals surface area contributed by atoms with Crippen LogP contribution in [0.1, 0.15) is 56.5 Å². The normalized spacial score (nSPS) is 19.2. The summed E-state index contributed by atoms with van der Waals surface area (Å²) in [5.41, 5.74) is 2.09. The Bertz CT molecular complexity index is 447. The van der Waals surface area contributed by atoms with Crippen molar-refractivity contribution < 1.29 is 4.79 Å². The molecule has 0 atom stereocenters.